The van der Waals surface area contributed by atoms with Crippen LogP contribution in [0, 0.1) is 6.92 Å². The van der Waals surface area contributed by atoms with Crippen LogP contribution in [0.5, 0.6) is 0 Å². The van der Waals surface area contributed by atoms with Crippen LogP contribution in [-0.2, 0) is 18.4 Å². The number of amides is 1. The third-order valence-corrected chi connectivity index (χ3v) is 4.03. The van der Waals surface area contributed by atoms with Crippen LogP contribution in [-0.4, -0.2) is 63.1 Å². The van der Waals surface area contributed by atoms with Crippen LogP contribution in [0.2, 0.25) is 0 Å². The zero-order valence-electron chi connectivity index (χ0n) is 13.5. The first-order valence-corrected chi connectivity index (χ1v) is 7.73. The molecule has 0 radical (unpaired) electrons. The molecule has 0 saturated carbocycles. The average molecular weight is 318 g/mol. The number of anilines is 1. The fourth-order valence-electron chi connectivity index (χ4n) is 2.68. The molecular weight excluding hydrogens is 296 g/mol. The molecule has 1 aliphatic heterocycles. The quantitative estimate of drug-likeness (QED) is 0.863. The molecule has 3 heterocycles. The van der Waals surface area contributed by atoms with Gasteiger partial charge in [0.25, 0.3) is 0 Å². The van der Waals surface area contributed by atoms with Crippen LogP contribution < -0.4 is 5.32 Å². The minimum absolute atomic E-state index is 0.0571. The summed E-state index contributed by atoms with van der Waals surface area (Å²) in [7, 11) is 2.01. The molecule has 0 atom stereocenters. The Kier molecular flexibility index (Phi) is 4.73. The molecule has 3 rings (SSSR count). The average Bonchev–Trinajstić information content (AvgIpc) is 3.10. The van der Waals surface area contributed by atoms with Crippen molar-refractivity contribution < 1.29 is 9.32 Å². The first kappa shape index (κ1) is 15.7. The highest BCUT2D eigenvalue weighted by Gasteiger charge is 2.20. The number of carbonyl (C=O) groups is 1. The minimum Gasteiger partial charge on any atom is -0.360 e. The third-order valence-electron chi connectivity index (χ3n) is 4.03. The first-order valence-electron chi connectivity index (χ1n) is 7.73. The van der Waals surface area contributed by atoms with Gasteiger partial charge in [0.15, 0.2) is 5.82 Å². The number of hydrogen-bond acceptors (Lipinski definition) is 6. The van der Waals surface area contributed by atoms with Gasteiger partial charge in [0.05, 0.1) is 18.6 Å². The van der Waals surface area contributed by atoms with Crippen LogP contribution in [0.25, 0.3) is 0 Å². The predicted octanol–water partition coefficient (Wildman–Crippen LogP) is 0.473. The number of rotatable bonds is 5. The molecule has 1 N–H and O–H groups in total. The summed E-state index contributed by atoms with van der Waals surface area (Å²) in [6, 6.07) is 1.71. The Labute approximate surface area is 135 Å². The van der Waals surface area contributed by atoms with Gasteiger partial charge in [-0.05, 0) is 6.92 Å². The number of imidazole rings is 1. The second kappa shape index (κ2) is 6.93. The number of aromatic nitrogens is 3. The largest absolute Gasteiger partial charge is 0.360 e. The maximum atomic E-state index is 12.0. The van der Waals surface area contributed by atoms with Crippen molar-refractivity contribution in [3.05, 3.63) is 30.0 Å². The second-order valence-corrected chi connectivity index (χ2v) is 5.92. The fraction of sp³-hybridized carbons (Fsp3) is 0.533. The fourth-order valence-corrected chi connectivity index (χ4v) is 2.68. The lowest BCUT2D eigenvalue weighted by molar-refractivity contribution is -0.117. The first-order chi connectivity index (χ1) is 11.1. The van der Waals surface area contributed by atoms with Crippen LogP contribution in [0.4, 0.5) is 5.82 Å². The highest BCUT2D eigenvalue weighted by Crippen LogP contribution is 2.09. The highest BCUT2D eigenvalue weighted by atomic mass is 16.5. The van der Waals surface area contributed by atoms with E-state index in [2.05, 4.69) is 25.3 Å². The van der Waals surface area contributed by atoms with Crippen molar-refractivity contribution in [2.24, 2.45) is 7.05 Å². The monoisotopic (exact) mass is 318 g/mol. The van der Waals surface area contributed by atoms with Crippen LogP contribution in [0.3, 0.4) is 0 Å². The van der Waals surface area contributed by atoms with Crippen molar-refractivity contribution in [3.8, 4) is 0 Å². The van der Waals surface area contributed by atoms with Crippen molar-refractivity contribution in [1.82, 2.24) is 24.5 Å². The zero-order chi connectivity index (χ0) is 16.2. The van der Waals surface area contributed by atoms with Gasteiger partial charge in [-0.3, -0.25) is 14.6 Å². The molecule has 8 heteroatoms. The van der Waals surface area contributed by atoms with E-state index in [9.17, 15) is 4.79 Å². The Morgan fingerprint density at radius 3 is 2.65 bits per heavy atom. The summed E-state index contributed by atoms with van der Waals surface area (Å²) in [5.74, 6) is 1.10. The number of nitrogens with one attached hydrogen (secondary N) is 1. The molecule has 1 amide bonds. The summed E-state index contributed by atoms with van der Waals surface area (Å²) in [6.45, 7) is 6.72. The number of aryl methyl sites for hydroxylation is 2. The summed E-state index contributed by atoms with van der Waals surface area (Å²) in [5.41, 5.74) is 1.21. The Hall–Kier alpha value is -2.19. The predicted molar refractivity (Wildman–Crippen MR) is 84.8 cm³/mol. The summed E-state index contributed by atoms with van der Waals surface area (Å²) in [6.07, 6.45) is 3.72. The maximum absolute atomic E-state index is 12.0. The van der Waals surface area contributed by atoms with Gasteiger partial charge in [-0.15, -0.1) is 0 Å². The smallest absolute Gasteiger partial charge is 0.239 e. The van der Waals surface area contributed by atoms with Gasteiger partial charge in [-0.1, -0.05) is 5.16 Å². The zero-order valence-corrected chi connectivity index (χ0v) is 13.5. The molecule has 1 saturated heterocycles. The molecule has 124 valence electrons. The molecule has 1 aliphatic rings. The lowest BCUT2D eigenvalue weighted by Crippen LogP contribution is -2.48. The SMILES string of the molecule is Cc1cc(NC(=O)CN2CCN(Cc3cncn3C)CC2)no1. The van der Waals surface area contributed by atoms with Gasteiger partial charge in [-0.2, -0.15) is 0 Å². The van der Waals surface area contributed by atoms with Gasteiger partial charge < -0.3 is 14.4 Å². The van der Waals surface area contributed by atoms with E-state index in [0.717, 1.165) is 32.7 Å². The number of nitrogens with zero attached hydrogens (tertiary/aromatic N) is 5. The van der Waals surface area contributed by atoms with E-state index in [-0.39, 0.29) is 5.91 Å². The number of carbonyl (C=O) groups excluding carboxylic acids is 1. The van der Waals surface area contributed by atoms with Crippen molar-refractivity contribution in [1.29, 1.82) is 0 Å². The number of piperazine rings is 1. The Morgan fingerprint density at radius 1 is 1.30 bits per heavy atom. The third kappa shape index (κ3) is 4.17. The van der Waals surface area contributed by atoms with Gasteiger partial charge >= 0.3 is 0 Å². The van der Waals surface area contributed by atoms with Crippen LogP contribution >= 0.6 is 0 Å². The molecule has 2 aromatic heterocycles. The molecule has 0 spiro atoms. The van der Waals surface area contributed by atoms with E-state index in [0.29, 0.717) is 18.1 Å². The van der Waals surface area contributed by atoms with Crippen LogP contribution in [0.1, 0.15) is 11.5 Å². The summed E-state index contributed by atoms with van der Waals surface area (Å²) in [4.78, 5) is 20.7. The van der Waals surface area contributed by atoms with Gasteiger partial charge in [0, 0.05) is 52.0 Å². The van der Waals surface area contributed by atoms with Gasteiger partial charge in [0.2, 0.25) is 5.91 Å². The van der Waals surface area contributed by atoms with E-state index in [1.54, 1.807) is 13.0 Å². The van der Waals surface area contributed by atoms with E-state index in [1.807, 2.05) is 24.1 Å². The van der Waals surface area contributed by atoms with Crippen molar-refractivity contribution >= 4 is 11.7 Å². The standard InChI is InChI=1S/C15H22N6O2/c1-12-7-14(18-23-12)17-15(22)10-21-5-3-20(4-6-21)9-13-8-16-11-19(13)2/h7-8,11H,3-6,9-10H2,1-2H3,(H,17,18,22). The molecule has 0 bridgehead atoms. The van der Waals surface area contributed by atoms with Gasteiger partial charge in [0.1, 0.15) is 5.76 Å². The Morgan fingerprint density at radius 2 is 2.04 bits per heavy atom. The second-order valence-electron chi connectivity index (χ2n) is 5.92. The van der Waals surface area contributed by atoms with E-state index < -0.39 is 0 Å². The molecule has 1 fully saturated rings. The Balaban J connectivity index is 1.42. The van der Waals surface area contributed by atoms with Crippen LogP contribution in [0.15, 0.2) is 23.1 Å². The lowest BCUT2D eigenvalue weighted by atomic mass is 10.3. The van der Waals surface area contributed by atoms with Gasteiger partial charge in [-0.25, -0.2) is 4.98 Å². The molecule has 0 aromatic carbocycles. The summed E-state index contributed by atoms with van der Waals surface area (Å²) < 4.78 is 6.98. The highest BCUT2D eigenvalue weighted by molar-refractivity contribution is 5.91. The van der Waals surface area contributed by atoms with E-state index in [1.165, 1.54) is 5.69 Å². The summed E-state index contributed by atoms with van der Waals surface area (Å²) >= 11 is 0. The Bertz CT molecular complexity index is 656. The minimum atomic E-state index is -0.0571. The van der Waals surface area contributed by atoms with Crippen molar-refractivity contribution in [2.45, 2.75) is 13.5 Å². The normalized spacial score (nSPS) is 16.6. The topological polar surface area (TPSA) is 79.4 Å². The molecule has 0 unspecified atom stereocenters. The maximum Gasteiger partial charge on any atom is 0.239 e. The number of hydrogen-bond donors (Lipinski definition) is 1. The molecule has 2 aromatic rings. The van der Waals surface area contributed by atoms with E-state index >= 15 is 0 Å². The van der Waals surface area contributed by atoms with Crippen molar-refractivity contribution in [2.75, 3.05) is 38.0 Å². The molecule has 0 aliphatic carbocycles. The van der Waals surface area contributed by atoms with Crippen molar-refractivity contribution in [3.63, 3.8) is 0 Å². The molecule has 8 nitrogen and oxygen atoms in total. The summed E-state index contributed by atoms with van der Waals surface area (Å²) in [5, 5.41) is 6.52. The van der Waals surface area contributed by atoms with E-state index in [4.69, 9.17) is 4.52 Å². The molecule has 23 heavy (non-hydrogen) atoms. The lowest BCUT2D eigenvalue weighted by Gasteiger charge is -2.34. The molecular formula is C15H22N6O2.